The summed E-state index contributed by atoms with van der Waals surface area (Å²) in [5.74, 6) is 0.762. The molecule has 0 heterocycles. The fourth-order valence-corrected chi connectivity index (χ4v) is 4.42. The zero-order valence-electron chi connectivity index (χ0n) is 18.7. The largest absolute Gasteiger partial charge is 0.423 e. The Kier molecular flexibility index (Phi) is 9.95. The minimum atomic E-state index is -0.328. The van der Waals surface area contributed by atoms with Crippen molar-refractivity contribution in [2.45, 2.75) is 88.0 Å². The van der Waals surface area contributed by atoms with Gasteiger partial charge in [-0.25, -0.2) is 4.79 Å². The first-order valence-corrected chi connectivity index (χ1v) is 12.3. The van der Waals surface area contributed by atoms with E-state index < -0.39 is 0 Å². The van der Waals surface area contributed by atoms with Crippen LogP contribution in [0, 0.1) is 0 Å². The molecule has 0 unspecified atom stereocenters. The molecule has 0 N–H and O–H groups in total. The number of esters is 1. The molecule has 168 valence electrons. The maximum absolute atomic E-state index is 12.4. The van der Waals surface area contributed by atoms with Crippen molar-refractivity contribution in [3.05, 3.63) is 59.7 Å². The van der Waals surface area contributed by atoms with Gasteiger partial charge in [-0.05, 0) is 80.0 Å². The number of carbonyl (C=O) groups excluding carboxylic acids is 1. The molecule has 1 saturated carbocycles. The average Bonchev–Trinajstić information content (AvgIpc) is 2.80. The molecule has 0 aliphatic heterocycles. The summed E-state index contributed by atoms with van der Waals surface area (Å²) in [5, 5.41) is 0. The molecule has 0 amide bonds. The molecule has 0 radical (unpaired) electrons. The number of rotatable bonds is 11. The topological polar surface area (TPSA) is 35.5 Å². The SMILES string of the molecule is CCCCCCCCOC1CCC(c2ccc(C(=O)Oc3ccc(S)cc3)cc2)CC1. The van der Waals surface area contributed by atoms with Crippen molar-refractivity contribution in [3.63, 3.8) is 0 Å². The zero-order valence-corrected chi connectivity index (χ0v) is 19.6. The summed E-state index contributed by atoms with van der Waals surface area (Å²) in [4.78, 5) is 13.2. The Morgan fingerprint density at radius 3 is 2.19 bits per heavy atom. The maximum atomic E-state index is 12.4. The highest BCUT2D eigenvalue weighted by atomic mass is 32.1. The zero-order chi connectivity index (χ0) is 21.9. The molecule has 31 heavy (non-hydrogen) atoms. The van der Waals surface area contributed by atoms with E-state index in [0.29, 0.717) is 23.3 Å². The van der Waals surface area contributed by atoms with Crippen LogP contribution in [0.2, 0.25) is 0 Å². The number of ether oxygens (including phenoxy) is 2. The fraction of sp³-hybridized carbons (Fsp3) is 0.519. The van der Waals surface area contributed by atoms with Gasteiger partial charge in [0.15, 0.2) is 0 Å². The van der Waals surface area contributed by atoms with Crippen LogP contribution in [0.1, 0.15) is 93.0 Å². The molecule has 3 nitrogen and oxygen atoms in total. The first-order valence-electron chi connectivity index (χ1n) is 11.9. The van der Waals surface area contributed by atoms with Gasteiger partial charge in [0.2, 0.25) is 0 Å². The molecule has 1 aliphatic carbocycles. The fourth-order valence-electron chi connectivity index (χ4n) is 4.27. The van der Waals surface area contributed by atoms with E-state index in [2.05, 4.69) is 31.7 Å². The van der Waals surface area contributed by atoms with Crippen molar-refractivity contribution in [1.29, 1.82) is 0 Å². The summed E-state index contributed by atoms with van der Waals surface area (Å²) in [7, 11) is 0. The predicted octanol–water partition coefficient (Wildman–Crippen LogP) is 7.60. The van der Waals surface area contributed by atoms with Crippen LogP contribution in [0.4, 0.5) is 0 Å². The quantitative estimate of drug-likeness (QED) is 0.169. The molecule has 0 atom stereocenters. The lowest BCUT2D eigenvalue weighted by atomic mass is 9.82. The van der Waals surface area contributed by atoms with Crippen LogP contribution in [-0.4, -0.2) is 18.7 Å². The lowest BCUT2D eigenvalue weighted by molar-refractivity contribution is 0.0226. The molecule has 2 aromatic rings. The van der Waals surface area contributed by atoms with Crippen LogP contribution in [0.25, 0.3) is 0 Å². The van der Waals surface area contributed by atoms with Gasteiger partial charge in [-0.15, -0.1) is 12.6 Å². The number of hydrogen-bond donors (Lipinski definition) is 1. The molecule has 4 heteroatoms. The van der Waals surface area contributed by atoms with Crippen LogP contribution in [0.15, 0.2) is 53.4 Å². The van der Waals surface area contributed by atoms with Gasteiger partial charge in [-0.3, -0.25) is 0 Å². The Bertz CT molecular complexity index is 777. The molecule has 2 aromatic carbocycles. The van der Waals surface area contributed by atoms with Crippen molar-refractivity contribution < 1.29 is 14.3 Å². The van der Waals surface area contributed by atoms with Crippen LogP contribution in [0.5, 0.6) is 5.75 Å². The Morgan fingerprint density at radius 1 is 0.871 bits per heavy atom. The van der Waals surface area contributed by atoms with Gasteiger partial charge in [0.25, 0.3) is 0 Å². The molecular formula is C27H36O3S. The second-order valence-corrected chi connectivity index (χ2v) is 9.13. The summed E-state index contributed by atoms with van der Waals surface area (Å²) in [5.41, 5.74) is 1.89. The molecule has 0 aromatic heterocycles. The van der Waals surface area contributed by atoms with Crippen molar-refractivity contribution in [1.82, 2.24) is 0 Å². The summed E-state index contributed by atoms with van der Waals surface area (Å²) >= 11 is 4.25. The Labute approximate surface area is 193 Å². The van der Waals surface area contributed by atoms with E-state index >= 15 is 0 Å². The van der Waals surface area contributed by atoms with Gasteiger partial charge in [0.1, 0.15) is 5.75 Å². The van der Waals surface area contributed by atoms with Gasteiger partial charge in [-0.2, -0.15) is 0 Å². The Balaban J connectivity index is 1.38. The second-order valence-electron chi connectivity index (χ2n) is 8.62. The average molecular weight is 441 g/mol. The summed E-state index contributed by atoms with van der Waals surface area (Å²) in [6, 6.07) is 15.0. The Hall–Kier alpha value is -1.78. The van der Waals surface area contributed by atoms with E-state index in [1.54, 1.807) is 12.1 Å². The van der Waals surface area contributed by atoms with Crippen LogP contribution in [-0.2, 0) is 4.74 Å². The van der Waals surface area contributed by atoms with E-state index in [1.165, 1.54) is 44.1 Å². The first kappa shape index (κ1) is 23.9. The minimum Gasteiger partial charge on any atom is -0.423 e. The van der Waals surface area contributed by atoms with E-state index in [1.807, 2.05) is 24.3 Å². The molecule has 3 rings (SSSR count). The van der Waals surface area contributed by atoms with Crippen molar-refractivity contribution in [3.8, 4) is 5.75 Å². The van der Waals surface area contributed by atoms with Gasteiger partial charge in [-0.1, -0.05) is 51.2 Å². The number of thiol groups is 1. The van der Waals surface area contributed by atoms with E-state index in [0.717, 1.165) is 37.2 Å². The highest BCUT2D eigenvalue weighted by Gasteiger charge is 2.23. The highest BCUT2D eigenvalue weighted by Crippen LogP contribution is 2.34. The lowest BCUT2D eigenvalue weighted by Crippen LogP contribution is -2.21. The monoisotopic (exact) mass is 440 g/mol. The first-order chi connectivity index (χ1) is 15.2. The molecule has 0 bridgehead atoms. The highest BCUT2D eigenvalue weighted by molar-refractivity contribution is 7.80. The van der Waals surface area contributed by atoms with Crippen molar-refractivity contribution >= 4 is 18.6 Å². The van der Waals surface area contributed by atoms with E-state index in [-0.39, 0.29) is 5.97 Å². The van der Waals surface area contributed by atoms with Crippen LogP contribution >= 0.6 is 12.6 Å². The van der Waals surface area contributed by atoms with Crippen LogP contribution in [0.3, 0.4) is 0 Å². The van der Waals surface area contributed by atoms with Crippen LogP contribution < -0.4 is 4.74 Å². The van der Waals surface area contributed by atoms with Gasteiger partial charge < -0.3 is 9.47 Å². The Morgan fingerprint density at radius 2 is 1.52 bits per heavy atom. The third kappa shape index (κ3) is 8.01. The van der Waals surface area contributed by atoms with Gasteiger partial charge in [0, 0.05) is 11.5 Å². The summed E-state index contributed by atoms with van der Waals surface area (Å²) in [6.07, 6.45) is 12.8. The number of unbranched alkanes of at least 4 members (excludes halogenated alkanes) is 5. The molecular weight excluding hydrogens is 404 g/mol. The number of benzene rings is 2. The van der Waals surface area contributed by atoms with E-state index in [4.69, 9.17) is 9.47 Å². The minimum absolute atomic E-state index is 0.328. The van der Waals surface area contributed by atoms with E-state index in [9.17, 15) is 4.79 Å². The van der Waals surface area contributed by atoms with Crippen molar-refractivity contribution in [2.24, 2.45) is 0 Å². The predicted molar refractivity (Wildman–Crippen MR) is 129 cm³/mol. The third-order valence-corrected chi connectivity index (χ3v) is 6.49. The molecule has 0 saturated heterocycles. The number of carbonyl (C=O) groups is 1. The maximum Gasteiger partial charge on any atom is 0.343 e. The lowest BCUT2D eigenvalue weighted by Gasteiger charge is -2.29. The molecule has 0 spiro atoms. The van der Waals surface area contributed by atoms with Gasteiger partial charge >= 0.3 is 5.97 Å². The molecule has 1 fully saturated rings. The smallest absolute Gasteiger partial charge is 0.343 e. The number of hydrogen-bond acceptors (Lipinski definition) is 4. The standard InChI is InChI=1S/C27H36O3S/c1-2-3-4-5-6-7-20-29-24-14-12-22(13-15-24)21-8-10-23(11-9-21)27(28)30-25-16-18-26(31)19-17-25/h8-11,16-19,22,24,31H,2-7,12-15,20H2,1H3. The third-order valence-electron chi connectivity index (χ3n) is 6.19. The summed E-state index contributed by atoms with van der Waals surface area (Å²) < 4.78 is 11.6. The van der Waals surface area contributed by atoms with Gasteiger partial charge in [0.05, 0.1) is 11.7 Å². The normalized spacial score (nSPS) is 18.6. The summed E-state index contributed by atoms with van der Waals surface area (Å²) in [6.45, 7) is 3.17. The van der Waals surface area contributed by atoms with Crippen molar-refractivity contribution in [2.75, 3.05) is 6.61 Å². The second kappa shape index (κ2) is 12.9. The molecule has 1 aliphatic rings.